The number of ether oxygens (including phenoxy) is 4. The second-order valence-corrected chi connectivity index (χ2v) is 6.23. The first kappa shape index (κ1) is 24.8. The smallest absolute Gasteiger partial charge is 0.333 e. The minimum atomic E-state index is -0.637. The summed E-state index contributed by atoms with van der Waals surface area (Å²) in [6.07, 6.45) is 2.69. The van der Waals surface area contributed by atoms with E-state index in [1.807, 2.05) is 6.92 Å². The van der Waals surface area contributed by atoms with E-state index < -0.39 is 12.1 Å². The van der Waals surface area contributed by atoms with Crippen LogP contribution in [-0.4, -0.2) is 50.4 Å². The molecule has 0 aliphatic rings. The average molecular weight is 384 g/mol. The normalized spacial score (nSPS) is 11.4. The van der Waals surface area contributed by atoms with E-state index in [2.05, 4.69) is 13.2 Å². The van der Waals surface area contributed by atoms with Crippen molar-refractivity contribution in [3.8, 4) is 0 Å². The Kier molecular flexibility index (Phi) is 13.8. The second kappa shape index (κ2) is 15.0. The van der Waals surface area contributed by atoms with E-state index >= 15 is 0 Å². The number of carbonyl (C=O) groups is 3. The molecular formula is C20H32O7. The first-order valence-corrected chi connectivity index (χ1v) is 9.20. The van der Waals surface area contributed by atoms with Crippen molar-refractivity contribution in [2.45, 2.75) is 59.0 Å². The predicted octanol–water partition coefficient (Wildman–Crippen LogP) is 3.12. The van der Waals surface area contributed by atoms with E-state index in [1.54, 1.807) is 13.8 Å². The Bertz CT molecular complexity index is 510. The number of hydrogen-bond acceptors (Lipinski definition) is 7. The molecule has 1 atom stereocenters. The van der Waals surface area contributed by atoms with Crippen molar-refractivity contribution in [2.75, 3.05) is 26.4 Å². The molecule has 0 spiro atoms. The van der Waals surface area contributed by atoms with Crippen LogP contribution in [0.5, 0.6) is 0 Å². The van der Waals surface area contributed by atoms with Gasteiger partial charge in [0.2, 0.25) is 0 Å². The minimum absolute atomic E-state index is 0.0640. The van der Waals surface area contributed by atoms with E-state index in [-0.39, 0.29) is 37.1 Å². The predicted molar refractivity (Wildman–Crippen MR) is 101 cm³/mol. The van der Waals surface area contributed by atoms with Crippen LogP contribution in [0.2, 0.25) is 0 Å². The van der Waals surface area contributed by atoms with Crippen LogP contribution in [0, 0.1) is 0 Å². The molecule has 0 aromatic rings. The van der Waals surface area contributed by atoms with Crippen LogP contribution in [0.15, 0.2) is 24.3 Å². The first-order chi connectivity index (χ1) is 12.8. The van der Waals surface area contributed by atoms with E-state index in [9.17, 15) is 14.4 Å². The van der Waals surface area contributed by atoms with E-state index in [1.165, 1.54) is 0 Å². The summed E-state index contributed by atoms with van der Waals surface area (Å²) in [6, 6.07) is 0. The molecule has 0 aliphatic carbocycles. The van der Waals surface area contributed by atoms with Gasteiger partial charge in [-0.3, -0.25) is 4.79 Å². The molecule has 0 fully saturated rings. The highest BCUT2D eigenvalue weighted by atomic mass is 16.6. The average Bonchev–Trinajstić information content (AvgIpc) is 2.62. The molecule has 0 radical (unpaired) electrons. The summed E-state index contributed by atoms with van der Waals surface area (Å²) in [4.78, 5) is 34.6. The van der Waals surface area contributed by atoms with Crippen LogP contribution in [-0.2, 0) is 33.3 Å². The number of rotatable bonds is 15. The van der Waals surface area contributed by atoms with Crippen molar-refractivity contribution in [2.24, 2.45) is 0 Å². The minimum Gasteiger partial charge on any atom is -0.462 e. The summed E-state index contributed by atoms with van der Waals surface area (Å²) in [5.41, 5.74) is 0.665. The fraction of sp³-hybridized carbons (Fsp3) is 0.650. The lowest BCUT2D eigenvalue weighted by atomic mass is 10.1. The van der Waals surface area contributed by atoms with Gasteiger partial charge in [-0.05, 0) is 33.6 Å². The van der Waals surface area contributed by atoms with Crippen LogP contribution in [0.4, 0.5) is 0 Å². The quantitative estimate of drug-likeness (QED) is 0.185. The van der Waals surface area contributed by atoms with Crippen molar-refractivity contribution in [1.82, 2.24) is 0 Å². The van der Waals surface area contributed by atoms with Crippen molar-refractivity contribution in [3.05, 3.63) is 24.3 Å². The monoisotopic (exact) mass is 384 g/mol. The summed E-state index contributed by atoms with van der Waals surface area (Å²) in [6.45, 7) is 12.9. The molecular weight excluding hydrogens is 352 g/mol. The van der Waals surface area contributed by atoms with Gasteiger partial charge in [-0.1, -0.05) is 26.0 Å². The van der Waals surface area contributed by atoms with E-state index in [4.69, 9.17) is 18.9 Å². The van der Waals surface area contributed by atoms with Crippen LogP contribution in [0.1, 0.15) is 52.9 Å². The Balaban J connectivity index is 3.97. The maximum atomic E-state index is 11.9. The number of unbranched alkanes of at least 4 members (excludes halogenated alkanes) is 3. The summed E-state index contributed by atoms with van der Waals surface area (Å²) >= 11 is 0. The highest BCUT2D eigenvalue weighted by Crippen LogP contribution is 2.07. The lowest BCUT2D eigenvalue weighted by molar-refractivity contribution is -0.161. The fourth-order valence-electron chi connectivity index (χ4n) is 1.92. The van der Waals surface area contributed by atoms with Crippen molar-refractivity contribution in [1.29, 1.82) is 0 Å². The second-order valence-electron chi connectivity index (χ2n) is 6.23. The topological polar surface area (TPSA) is 88.1 Å². The maximum Gasteiger partial charge on any atom is 0.333 e. The molecule has 0 saturated heterocycles. The number of carbonyl (C=O) groups excluding carboxylic acids is 3. The largest absolute Gasteiger partial charge is 0.462 e. The molecule has 0 rings (SSSR count). The van der Waals surface area contributed by atoms with Crippen molar-refractivity contribution in [3.63, 3.8) is 0 Å². The van der Waals surface area contributed by atoms with Crippen molar-refractivity contribution < 1.29 is 33.3 Å². The van der Waals surface area contributed by atoms with Gasteiger partial charge in [-0.15, -0.1) is 0 Å². The molecule has 0 aromatic heterocycles. The molecule has 0 saturated carbocycles. The van der Waals surface area contributed by atoms with Gasteiger partial charge in [0.15, 0.2) is 6.10 Å². The van der Waals surface area contributed by atoms with Gasteiger partial charge in [-0.25, -0.2) is 9.59 Å². The van der Waals surface area contributed by atoms with Gasteiger partial charge in [-0.2, -0.15) is 0 Å². The van der Waals surface area contributed by atoms with Gasteiger partial charge >= 0.3 is 17.9 Å². The standard InChI is InChI=1S/C20H32O7/c1-6-24-13-17(14-26-20(23)16(4)5)27-18(21)11-9-7-8-10-12-25-19(22)15(2)3/h17H,2,4,6-14H2,1,3,5H3. The molecule has 7 heteroatoms. The zero-order valence-electron chi connectivity index (χ0n) is 16.7. The third-order valence-electron chi connectivity index (χ3n) is 3.41. The third kappa shape index (κ3) is 13.7. The summed E-state index contributed by atoms with van der Waals surface area (Å²) in [7, 11) is 0. The molecule has 0 aromatic carbocycles. The summed E-state index contributed by atoms with van der Waals surface area (Å²) < 4.78 is 20.6. The summed E-state index contributed by atoms with van der Waals surface area (Å²) in [5.74, 6) is -1.27. The van der Waals surface area contributed by atoms with Gasteiger partial charge in [0.05, 0.1) is 13.2 Å². The number of hydrogen-bond donors (Lipinski definition) is 0. The van der Waals surface area contributed by atoms with Crippen LogP contribution >= 0.6 is 0 Å². The first-order valence-electron chi connectivity index (χ1n) is 9.20. The van der Waals surface area contributed by atoms with E-state index in [0.29, 0.717) is 25.2 Å². The van der Waals surface area contributed by atoms with Crippen LogP contribution < -0.4 is 0 Å². The van der Waals surface area contributed by atoms with Gasteiger partial charge in [0.1, 0.15) is 6.61 Å². The molecule has 0 N–H and O–H groups in total. The van der Waals surface area contributed by atoms with Gasteiger partial charge in [0.25, 0.3) is 0 Å². The zero-order chi connectivity index (χ0) is 20.7. The van der Waals surface area contributed by atoms with Crippen molar-refractivity contribution >= 4 is 17.9 Å². The molecule has 0 heterocycles. The fourth-order valence-corrected chi connectivity index (χ4v) is 1.92. The third-order valence-corrected chi connectivity index (χ3v) is 3.41. The SMILES string of the molecule is C=C(C)C(=O)OCCCCCCC(=O)OC(COCC)COC(=O)C(=C)C. The Morgan fingerprint density at radius 3 is 2.04 bits per heavy atom. The Labute approximate surface area is 161 Å². The van der Waals surface area contributed by atoms with E-state index in [0.717, 1.165) is 19.3 Å². The van der Waals surface area contributed by atoms with Crippen LogP contribution in [0.25, 0.3) is 0 Å². The van der Waals surface area contributed by atoms with Gasteiger partial charge < -0.3 is 18.9 Å². The highest BCUT2D eigenvalue weighted by Gasteiger charge is 2.17. The molecule has 7 nitrogen and oxygen atoms in total. The lowest BCUT2D eigenvalue weighted by Gasteiger charge is -2.18. The Morgan fingerprint density at radius 2 is 1.44 bits per heavy atom. The lowest BCUT2D eigenvalue weighted by Crippen LogP contribution is -2.30. The molecule has 0 amide bonds. The molecule has 0 bridgehead atoms. The maximum absolute atomic E-state index is 11.9. The highest BCUT2D eigenvalue weighted by molar-refractivity contribution is 5.87. The zero-order valence-corrected chi connectivity index (χ0v) is 16.7. The molecule has 1 unspecified atom stereocenters. The molecule has 27 heavy (non-hydrogen) atoms. The number of esters is 3. The van der Waals surface area contributed by atoms with Gasteiger partial charge in [0, 0.05) is 24.2 Å². The molecule has 154 valence electrons. The summed E-state index contributed by atoms with van der Waals surface area (Å²) in [5, 5.41) is 0. The van der Waals surface area contributed by atoms with Crippen LogP contribution in [0.3, 0.4) is 0 Å². The Hall–Kier alpha value is -2.15. The Morgan fingerprint density at radius 1 is 0.852 bits per heavy atom. The molecule has 0 aliphatic heterocycles.